The minimum atomic E-state index is 0.945. The zero-order chi connectivity index (χ0) is 16.5. The van der Waals surface area contributed by atoms with Gasteiger partial charge < -0.3 is 8.98 Å². The van der Waals surface area contributed by atoms with Crippen LogP contribution in [0, 0.1) is 0 Å². The van der Waals surface area contributed by atoms with E-state index in [9.17, 15) is 0 Å². The Balaban J connectivity index is 1.94. The van der Waals surface area contributed by atoms with Crippen LogP contribution >= 0.6 is 0 Å². The van der Waals surface area contributed by atoms with Crippen LogP contribution in [0.25, 0.3) is 54.5 Å². The van der Waals surface area contributed by atoms with E-state index in [1.807, 2.05) is 12.1 Å². The molecule has 2 nitrogen and oxygen atoms in total. The molecule has 2 heteroatoms. The van der Waals surface area contributed by atoms with Gasteiger partial charge in [-0.2, -0.15) is 0 Å². The number of fused-ring (bicyclic) bond motifs is 9. The highest BCUT2D eigenvalue weighted by Gasteiger charge is 2.17. The van der Waals surface area contributed by atoms with Gasteiger partial charge in [0.15, 0.2) is 5.58 Å². The van der Waals surface area contributed by atoms with Crippen molar-refractivity contribution < 1.29 is 4.42 Å². The molecule has 0 aliphatic rings. The predicted molar refractivity (Wildman–Crippen MR) is 105 cm³/mol. The second-order valence-corrected chi connectivity index (χ2v) is 6.68. The standard InChI is InChI=1S/C23H15NO/c1-24-19-13-10-14-6-2-3-7-15(14)21(19)18-12-11-17-16-8-4-5-9-20(16)25-23(17)22(18)24/h2-13H,1H3. The lowest BCUT2D eigenvalue weighted by atomic mass is 10.0. The number of benzene rings is 4. The SMILES string of the molecule is Cn1c2ccc3ccccc3c2c2ccc3c4ccccc4oc3c21. The third-order valence-corrected chi connectivity index (χ3v) is 5.39. The molecule has 0 saturated carbocycles. The van der Waals surface area contributed by atoms with Gasteiger partial charge >= 0.3 is 0 Å². The number of hydrogen-bond donors (Lipinski definition) is 0. The molecule has 2 aromatic heterocycles. The molecule has 4 aromatic carbocycles. The number of para-hydroxylation sites is 1. The van der Waals surface area contributed by atoms with Crippen LogP contribution < -0.4 is 0 Å². The summed E-state index contributed by atoms with van der Waals surface area (Å²) in [4.78, 5) is 0. The highest BCUT2D eigenvalue weighted by Crippen LogP contribution is 2.40. The molecule has 0 N–H and O–H groups in total. The summed E-state index contributed by atoms with van der Waals surface area (Å²) in [6.45, 7) is 0. The second kappa shape index (κ2) is 4.42. The van der Waals surface area contributed by atoms with Crippen molar-refractivity contribution in [1.82, 2.24) is 4.57 Å². The van der Waals surface area contributed by atoms with E-state index < -0.39 is 0 Å². The number of aryl methyl sites for hydroxylation is 1. The largest absolute Gasteiger partial charge is 0.454 e. The van der Waals surface area contributed by atoms with E-state index in [0.29, 0.717) is 0 Å². The fourth-order valence-corrected chi connectivity index (χ4v) is 4.25. The summed E-state index contributed by atoms with van der Waals surface area (Å²) in [6, 6.07) is 25.7. The first-order chi connectivity index (χ1) is 12.3. The van der Waals surface area contributed by atoms with E-state index in [4.69, 9.17) is 4.42 Å². The fraction of sp³-hybridized carbons (Fsp3) is 0.0435. The molecule has 6 rings (SSSR count). The molecule has 2 heterocycles. The van der Waals surface area contributed by atoms with E-state index in [-0.39, 0.29) is 0 Å². The van der Waals surface area contributed by atoms with Gasteiger partial charge in [-0.05, 0) is 29.0 Å². The molecule has 0 fully saturated rings. The van der Waals surface area contributed by atoms with E-state index >= 15 is 0 Å². The Labute approximate surface area is 143 Å². The molecule has 0 saturated heterocycles. The second-order valence-electron chi connectivity index (χ2n) is 6.68. The Morgan fingerprint density at radius 1 is 0.680 bits per heavy atom. The van der Waals surface area contributed by atoms with E-state index in [1.54, 1.807) is 0 Å². The van der Waals surface area contributed by atoms with Gasteiger partial charge in [-0.25, -0.2) is 0 Å². The summed E-state index contributed by atoms with van der Waals surface area (Å²) in [5.74, 6) is 0. The molecule has 0 atom stereocenters. The van der Waals surface area contributed by atoms with Crippen molar-refractivity contribution in [3.63, 3.8) is 0 Å². The van der Waals surface area contributed by atoms with Crippen LogP contribution in [0.3, 0.4) is 0 Å². The predicted octanol–water partition coefficient (Wildman–Crippen LogP) is 6.38. The number of nitrogens with zero attached hydrogens (tertiary/aromatic N) is 1. The summed E-state index contributed by atoms with van der Waals surface area (Å²) >= 11 is 0. The molecule has 25 heavy (non-hydrogen) atoms. The normalized spacial score (nSPS) is 12.2. The maximum atomic E-state index is 6.27. The minimum absolute atomic E-state index is 0.945. The highest BCUT2D eigenvalue weighted by atomic mass is 16.3. The van der Waals surface area contributed by atoms with E-state index in [1.165, 1.54) is 43.4 Å². The van der Waals surface area contributed by atoms with Crippen LogP contribution in [-0.4, -0.2) is 4.57 Å². The van der Waals surface area contributed by atoms with Gasteiger partial charge in [0.2, 0.25) is 0 Å². The van der Waals surface area contributed by atoms with Gasteiger partial charge in [-0.15, -0.1) is 0 Å². The van der Waals surface area contributed by atoms with E-state index in [0.717, 1.165) is 11.2 Å². The molecule has 0 bridgehead atoms. The van der Waals surface area contributed by atoms with Gasteiger partial charge in [0, 0.05) is 34.1 Å². The summed E-state index contributed by atoms with van der Waals surface area (Å²) in [5, 5.41) is 7.47. The van der Waals surface area contributed by atoms with Crippen molar-refractivity contribution in [2.45, 2.75) is 0 Å². The van der Waals surface area contributed by atoms with Crippen molar-refractivity contribution in [2.75, 3.05) is 0 Å². The van der Waals surface area contributed by atoms with Crippen molar-refractivity contribution in [1.29, 1.82) is 0 Å². The Morgan fingerprint density at radius 2 is 1.44 bits per heavy atom. The number of furan rings is 1. The molecule has 0 spiro atoms. The summed E-state index contributed by atoms with van der Waals surface area (Å²) in [6.07, 6.45) is 0. The van der Waals surface area contributed by atoms with Crippen LogP contribution in [0.2, 0.25) is 0 Å². The third-order valence-electron chi connectivity index (χ3n) is 5.39. The zero-order valence-corrected chi connectivity index (χ0v) is 13.8. The molecule has 118 valence electrons. The first kappa shape index (κ1) is 13.1. The molecule has 0 radical (unpaired) electrons. The topological polar surface area (TPSA) is 18.1 Å². The third kappa shape index (κ3) is 1.54. The molecule has 0 aliphatic carbocycles. The van der Waals surface area contributed by atoms with Gasteiger partial charge in [0.1, 0.15) is 5.58 Å². The van der Waals surface area contributed by atoms with Crippen molar-refractivity contribution in [2.24, 2.45) is 7.05 Å². The Morgan fingerprint density at radius 3 is 2.36 bits per heavy atom. The Hall–Kier alpha value is -3.26. The smallest absolute Gasteiger partial charge is 0.159 e. The van der Waals surface area contributed by atoms with Gasteiger partial charge in [0.05, 0.1) is 5.52 Å². The maximum Gasteiger partial charge on any atom is 0.159 e. The minimum Gasteiger partial charge on any atom is -0.454 e. The van der Waals surface area contributed by atoms with Crippen molar-refractivity contribution in [3.05, 3.63) is 72.8 Å². The molecule has 6 aromatic rings. The molecular weight excluding hydrogens is 306 g/mol. The van der Waals surface area contributed by atoms with Gasteiger partial charge in [-0.3, -0.25) is 0 Å². The van der Waals surface area contributed by atoms with Gasteiger partial charge in [-0.1, -0.05) is 54.6 Å². The van der Waals surface area contributed by atoms with Crippen molar-refractivity contribution in [3.8, 4) is 0 Å². The van der Waals surface area contributed by atoms with E-state index in [2.05, 4.69) is 72.3 Å². The molecule has 0 amide bonds. The molecular formula is C23H15NO. The molecule has 0 aliphatic heterocycles. The highest BCUT2D eigenvalue weighted by molar-refractivity contribution is 6.26. The van der Waals surface area contributed by atoms with Gasteiger partial charge in [0.25, 0.3) is 0 Å². The summed E-state index contributed by atoms with van der Waals surface area (Å²) in [5.41, 5.74) is 4.32. The number of aromatic nitrogens is 1. The van der Waals surface area contributed by atoms with Crippen LogP contribution in [0.15, 0.2) is 77.2 Å². The van der Waals surface area contributed by atoms with Crippen molar-refractivity contribution >= 4 is 54.5 Å². The quantitative estimate of drug-likeness (QED) is 0.317. The summed E-state index contributed by atoms with van der Waals surface area (Å²) < 4.78 is 8.53. The lowest BCUT2D eigenvalue weighted by Gasteiger charge is -2.01. The van der Waals surface area contributed by atoms with Crippen LogP contribution in [0.4, 0.5) is 0 Å². The average Bonchev–Trinajstić information content (AvgIpc) is 3.17. The number of rotatable bonds is 0. The number of hydrogen-bond acceptors (Lipinski definition) is 1. The Bertz CT molecular complexity index is 1450. The monoisotopic (exact) mass is 321 g/mol. The maximum absolute atomic E-state index is 6.27. The lowest BCUT2D eigenvalue weighted by Crippen LogP contribution is -1.86. The van der Waals surface area contributed by atoms with Crippen LogP contribution in [0.1, 0.15) is 0 Å². The molecule has 0 unspecified atom stereocenters. The van der Waals surface area contributed by atoms with Crippen LogP contribution in [-0.2, 0) is 7.05 Å². The average molecular weight is 321 g/mol. The Kier molecular flexibility index (Phi) is 2.31. The lowest BCUT2D eigenvalue weighted by molar-refractivity contribution is 0.670. The fourth-order valence-electron chi connectivity index (χ4n) is 4.25. The van der Waals surface area contributed by atoms with Crippen LogP contribution in [0.5, 0.6) is 0 Å². The first-order valence-electron chi connectivity index (χ1n) is 8.53. The zero-order valence-electron chi connectivity index (χ0n) is 13.8. The summed E-state index contributed by atoms with van der Waals surface area (Å²) in [7, 11) is 2.13. The first-order valence-corrected chi connectivity index (χ1v) is 8.53.